The minimum Gasteiger partial charge on any atom is -0.303 e. The van der Waals surface area contributed by atoms with E-state index in [1.807, 2.05) is 36.4 Å². The van der Waals surface area contributed by atoms with Crippen molar-refractivity contribution >= 4 is 34.9 Å². The molecular weight excluding hydrogens is 222 g/mol. The Labute approximate surface area is 98.6 Å². The minimum absolute atomic E-state index is 0.441. The second-order valence-electron chi connectivity index (χ2n) is 3.39. The summed E-state index contributed by atoms with van der Waals surface area (Å²) in [5.41, 5.74) is 1.93. The molecule has 0 unspecified atom stereocenters. The molecule has 0 radical (unpaired) electrons. The van der Waals surface area contributed by atoms with Crippen LogP contribution in [-0.4, -0.2) is 11.3 Å². The molecule has 16 heavy (non-hydrogen) atoms. The van der Waals surface area contributed by atoms with Crippen LogP contribution < -0.4 is 0 Å². The predicted octanol–water partition coefficient (Wildman–Crippen LogP) is 3.49. The summed E-state index contributed by atoms with van der Waals surface area (Å²) >= 11 is 5.80. The fourth-order valence-electron chi connectivity index (χ4n) is 1.48. The SMILES string of the molecule is O=CCC=Cc1ccc2nc(Cl)ccc2c1. The number of allylic oxidation sites excluding steroid dienone is 1. The highest BCUT2D eigenvalue weighted by Gasteiger charge is 1.96. The Morgan fingerprint density at radius 2 is 2.12 bits per heavy atom. The van der Waals surface area contributed by atoms with Crippen molar-refractivity contribution in [3.63, 3.8) is 0 Å². The number of nitrogens with zero attached hydrogens (tertiary/aromatic N) is 1. The maximum atomic E-state index is 10.2. The smallest absolute Gasteiger partial charge is 0.129 e. The normalized spacial score (nSPS) is 11.1. The van der Waals surface area contributed by atoms with Crippen molar-refractivity contribution in [1.82, 2.24) is 4.98 Å². The van der Waals surface area contributed by atoms with E-state index in [-0.39, 0.29) is 0 Å². The van der Waals surface area contributed by atoms with Gasteiger partial charge in [-0.15, -0.1) is 0 Å². The number of fused-ring (bicyclic) bond motifs is 1. The van der Waals surface area contributed by atoms with Crippen molar-refractivity contribution in [2.45, 2.75) is 6.42 Å². The Bertz CT molecular complexity index is 549. The van der Waals surface area contributed by atoms with E-state index in [2.05, 4.69) is 4.98 Å². The summed E-state index contributed by atoms with van der Waals surface area (Å²) in [5.74, 6) is 0. The zero-order valence-electron chi connectivity index (χ0n) is 8.56. The van der Waals surface area contributed by atoms with Gasteiger partial charge in [0.2, 0.25) is 0 Å². The average Bonchev–Trinajstić information content (AvgIpc) is 2.29. The predicted molar refractivity (Wildman–Crippen MR) is 66.5 cm³/mol. The van der Waals surface area contributed by atoms with Crippen LogP contribution in [0.5, 0.6) is 0 Å². The van der Waals surface area contributed by atoms with Crippen LogP contribution >= 0.6 is 11.6 Å². The largest absolute Gasteiger partial charge is 0.303 e. The van der Waals surface area contributed by atoms with Crippen LogP contribution in [0.2, 0.25) is 5.15 Å². The lowest BCUT2D eigenvalue weighted by Gasteiger charge is -1.99. The second-order valence-corrected chi connectivity index (χ2v) is 3.78. The average molecular weight is 232 g/mol. The highest BCUT2D eigenvalue weighted by Crippen LogP contribution is 2.17. The Balaban J connectivity index is 2.36. The highest BCUT2D eigenvalue weighted by atomic mass is 35.5. The lowest BCUT2D eigenvalue weighted by atomic mass is 10.1. The van der Waals surface area contributed by atoms with Gasteiger partial charge in [0.25, 0.3) is 0 Å². The number of aldehydes is 1. The molecule has 1 aromatic carbocycles. The van der Waals surface area contributed by atoms with E-state index >= 15 is 0 Å². The van der Waals surface area contributed by atoms with Gasteiger partial charge in [0, 0.05) is 11.8 Å². The molecule has 2 rings (SSSR count). The Morgan fingerprint density at radius 1 is 1.25 bits per heavy atom. The van der Waals surface area contributed by atoms with Crippen LogP contribution in [0.1, 0.15) is 12.0 Å². The van der Waals surface area contributed by atoms with Crippen LogP contribution in [0.15, 0.2) is 36.4 Å². The van der Waals surface area contributed by atoms with Crippen molar-refractivity contribution in [2.24, 2.45) is 0 Å². The van der Waals surface area contributed by atoms with Crippen molar-refractivity contribution in [3.05, 3.63) is 47.1 Å². The highest BCUT2D eigenvalue weighted by molar-refractivity contribution is 6.29. The first-order valence-electron chi connectivity index (χ1n) is 4.96. The summed E-state index contributed by atoms with van der Waals surface area (Å²) in [7, 11) is 0. The topological polar surface area (TPSA) is 30.0 Å². The molecule has 0 N–H and O–H groups in total. The van der Waals surface area contributed by atoms with Gasteiger partial charge in [-0.1, -0.05) is 29.8 Å². The van der Waals surface area contributed by atoms with Gasteiger partial charge >= 0.3 is 0 Å². The molecule has 2 nitrogen and oxygen atoms in total. The number of hydrogen-bond donors (Lipinski definition) is 0. The van der Waals surface area contributed by atoms with E-state index in [0.717, 1.165) is 22.8 Å². The molecular formula is C13H10ClNO. The summed E-state index contributed by atoms with van der Waals surface area (Å²) in [5, 5.41) is 1.54. The fourth-order valence-corrected chi connectivity index (χ4v) is 1.64. The molecule has 1 heterocycles. The van der Waals surface area contributed by atoms with Gasteiger partial charge in [-0.25, -0.2) is 4.98 Å². The summed E-state index contributed by atoms with van der Waals surface area (Å²) < 4.78 is 0. The summed E-state index contributed by atoms with van der Waals surface area (Å²) in [6.07, 6.45) is 5.07. The molecule has 0 aliphatic rings. The molecule has 3 heteroatoms. The molecule has 0 amide bonds. The summed E-state index contributed by atoms with van der Waals surface area (Å²) in [6.45, 7) is 0. The van der Waals surface area contributed by atoms with E-state index in [1.54, 1.807) is 6.07 Å². The fraction of sp³-hybridized carbons (Fsp3) is 0.0769. The quantitative estimate of drug-likeness (QED) is 0.598. The first kappa shape index (κ1) is 10.8. The van der Waals surface area contributed by atoms with Crippen LogP contribution in [-0.2, 0) is 4.79 Å². The second kappa shape index (κ2) is 4.90. The first-order chi connectivity index (χ1) is 7.79. The maximum Gasteiger partial charge on any atom is 0.129 e. The molecule has 1 aromatic heterocycles. The van der Waals surface area contributed by atoms with Gasteiger partial charge in [0.15, 0.2) is 0 Å². The van der Waals surface area contributed by atoms with Crippen molar-refractivity contribution in [3.8, 4) is 0 Å². The van der Waals surface area contributed by atoms with Gasteiger partial charge in [-0.2, -0.15) is 0 Å². The molecule has 80 valence electrons. The van der Waals surface area contributed by atoms with Crippen molar-refractivity contribution in [2.75, 3.05) is 0 Å². The monoisotopic (exact) mass is 231 g/mol. The van der Waals surface area contributed by atoms with Gasteiger partial charge in [0.05, 0.1) is 5.52 Å². The van der Waals surface area contributed by atoms with E-state index in [9.17, 15) is 4.79 Å². The van der Waals surface area contributed by atoms with Crippen molar-refractivity contribution in [1.29, 1.82) is 0 Å². The standard InChI is InChI=1S/C13H10ClNO/c14-13-7-5-11-9-10(3-1-2-8-16)4-6-12(11)15-13/h1,3-9H,2H2. The summed E-state index contributed by atoms with van der Waals surface area (Å²) in [6, 6.07) is 9.58. The molecule has 0 saturated heterocycles. The van der Waals surface area contributed by atoms with Crippen molar-refractivity contribution < 1.29 is 4.79 Å². The van der Waals surface area contributed by atoms with E-state index in [1.165, 1.54) is 0 Å². The third-order valence-electron chi connectivity index (χ3n) is 2.22. The molecule has 0 saturated carbocycles. The zero-order valence-corrected chi connectivity index (χ0v) is 9.32. The Hall–Kier alpha value is -1.67. The molecule has 0 atom stereocenters. The van der Waals surface area contributed by atoms with Crippen LogP contribution in [0.4, 0.5) is 0 Å². The van der Waals surface area contributed by atoms with E-state index in [4.69, 9.17) is 11.6 Å². The summed E-state index contributed by atoms with van der Waals surface area (Å²) in [4.78, 5) is 14.4. The van der Waals surface area contributed by atoms with Crippen LogP contribution in [0, 0.1) is 0 Å². The number of hydrogen-bond acceptors (Lipinski definition) is 2. The van der Waals surface area contributed by atoms with Gasteiger partial charge in [0.1, 0.15) is 11.4 Å². The number of carbonyl (C=O) groups is 1. The molecule has 2 aromatic rings. The van der Waals surface area contributed by atoms with E-state index in [0.29, 0.717) is 11.6 Å². The number of benzene rings is 1. The van der Waals surface area contributed by atoms with Crippen LogP contribution in [0.25, 0.3) is 17.0 Å². The number of carbonyl (C=O) groups excluding carboxylic acids is 1. The number of rotatable bonds is 3. The van der Waals surface area contributed by atoms with Gasteiger partial charge in [-0.3, -0.25) is 0 Å². The molecule has 0 fully saturated rings. The third-order valence-corrected chi connectivity index (χ3v) is 2.43. The molecule has 0 aliphatic heterocycles. The van der Waals surface area contributed by atoms with E-state index < -0.39 is 0 Å². The lowest BCUT2D eigenvalue weighted by molar-refractivity contribution is -0.107. The van der Waals surface area contributed by atoms with Gasteiger partial charge < -0.3 is 4.79 Å². The minimum atomic E-state index is 0.441. The Morgan fingerprint density at radius 3 is 2.94 bits per heavy atom. The first-order valence-corrected chi connectivity index (χ1v) is 5.34. The van der Waals surface area contributed by atoms with Gasteiger partial charge in [-0.05, 0) is 29.8 Å². The molecule has 0 bridgehead atoms. The third kappa shape index (κ3) is 2.47. The zero-order chi connectivity index (χ0) is 11.4. The lowest BCUT2D eigenvalue weighted by Crippen LogP contribution is -1.80. The molecule has 0 aliphatic carbocycles. The number of halogens is 1. The van der Waals surface area contributed by atoms with Crippen LogP contribution in [0.3, 0.4) is 0 Å². The molecule has 0 spiro atoms. The Kier molecular flexibility index (Phi) is 3.32. The number of pyridine rings is 1. The number of aromatic nitrogens is 1. The maximum absolute atomic E-state index is 10.2.